The van der Waals surface area contributed by atoms with Gasteiger partial charge in [-0.2, -0.15) is 0 Å². The standard InChI is InChI=1S/C10H12O3.H3N/c1-2-10(13,9(11)12)8-6-4-3-5-7-8;/h3-7,13H,2H2,1H3,(H,11,12);1H3. The molecule has 0 saturated carbocycles. The normalized spacial score (nSPS) is 13.9. The Labute approximate surface area is 82.8 Å². The summed E-state index contributed by atoms with van der Waals surface area (Å²) in [4.78, 5) is 10.8. The van der Waals surface area contributed by atoms with Crippen LogP contribution in [0.1, 0.15) is 18.9 Å². The van der Waals surface area contributed by atoms with E-state index in [0.29, 0.717) is 5.56 Å². The van der Waals surface area contributed by atoms with Crippen molar-refractivity contribution in [1.29, 1.82) is 0 Å². The van der Waals surface area contributed by atoms with E-state index in [0.717, 1.165) is 0 Å². The van der Waals surface area contributed by atoms with E-state index in [9.17, 15) is 9.90 Å². The number of carbonyl (C=O) groups is 1. The maximum atomic E-state index is 10.8. The van der Waals surface area contributed by atoms with Crippen molar-refractivity contribution >= 4 is 5.97 Å². The first-order chi connectivity index (χ1) is 6.11. The second-order valence-electron chi connectivity index (χ2n) is 2.89. The quantitative estimate of drug-likeness (QED) is 0.685. The highest BCUT2D eigenvalue weighted by atomic mass is 16.4. The number of aliphatic carboxylic acids is 1. The molecule has 0 amide bonds. The molecular formula is C10H15NO3. The molecule has 0 aliphatic heterocycles. The number of hydrogen-bond acceptors (Lipinski definition) is 3. The van der Waals surface area contributed by atoms with Gasteiger partial charge in [0.25, 0.3) is 0 Å². The predicted molar refractivity (Wildman–Crippen MR) is 53.3 cm³/mol. The topological polar surface area (TPSA) is 92.5 Å². The molecule has 0 heterocycles. The average Bonchev–Trinajstić information content (AvgIpc) is 2.17. The molecule has 0 aliphatic rings. The van der Waals surface area contributed by atoms with Gasteiger partial charge in [0, 0.05) is 0 Å². The molecule has 0 fully saturated rings. The number of carboxylic acid groups (broad SMARTS) is 1. The van der Waals surface area contributed by atoms with Gasteiger partial charge in [-0.05, 0) is 12.0 Å². The molecule has 1 aromatic carbocycles. The highest BCUT2D eigenvalue weighted by molar-refractivity contribution is 5.78. The zero-order valence-corrected chi connectivity index (χ0v) is 8.10. The zero-order chi connectivity index (χ0) is 9.90. The molecule has 4 heteroatoms. The maximum Gasteiger partial charge on any atom is 0.340 e. The second kappa shape index (κ2) is 4.74. The van der Waals surface area contributed by atoms with Gasteiger partial charge < -0.3 is 16.4 Å². The van der Waals surface area contributed by atoms with Crippen molar-refractivity contribution in [3.63, 3.8) is 0 Å². The van der Waals surface area contributed by atoms with Crippen LogP contribution in [0.15, 0.2) is 30.3 Å². The van der Waals surface area contributed by atoms with Crippen LogP contribution < -0.4 is 6.15 Å². The molecule has 0 bridgehead atoms. The third-order valence-corrected chi connectivity index (χ3v) is 2.12. The van der Waals surface area contributed by atoms with Crippen molar-refractivity contribution in [2.75, 3.05) is 0 Å². The molecule has 0 saturated heterocycles. The molecule has 0 spiro atoms. The Morgan fingerprint density at radius 1 is 1.36 bits per heavy atom. The Hall–Kier alpha value is -1.39. The van der Waals surface area contributed by atoms with Crippen molar-refractivity contribution in [2.45, 2.75) is 18.9 Å². The highest BCUT2D eigenvalue weighted by Gasteiger charge is 2.35. The molecule has 78 valence electrons. The van der Waals surface area contributed by atoms with Crippen molar-refractivity contribution in [3.05, 3.63) is 35.9 Å². The highest BCUT2D eigenvalue weighted by Crippen LogP contribution is 2.24. The van der Waals surface area contributed by atoms with E-state index < -0.39 is 11.6 Å². The molecule has 1 unspecified atom stereocenters. The lowest BCUT2D eigenvalue weighted by Gasteiger charge is -2.21. The van der Waals surface area contributed by atoms with Gasteiger partial charge in [-0.25, -0.2) is 4.79 Å². The number of aliphatic hydroxyl groups is 1. The lowest BCUT2D eigenvalue weighted by atomic mass is 9.91. The van der Waals surface area contributed by atoms with Crippen LogP contribution >= 0.6 is 0 Å². The van der Waals surface area contributed by atoms with Crippen LogP contribution in [-0.4, -0.2) is 16.2 Å². The molecule has 4 nitrogen and oxygen atoms in total. The molecule has 1 aromatic rings. The minimum atomic E-state index is -1.75. The van der Waals surface area contributed by atoms with Crippen LogP contribution in [0.2, 0.25) is 0 Å². The third kappa shape index (κ3) is 2.10. The van der Waals surface area contributed by atoms with Gasteiger partial charge in [-0.15, -0.1) is 0 Å². The van der Waals surface area contributed by atoms with Gasteiger partial charge >= 0.3 is 5.97 Å². The minimum absolute atomic E-state index is 0. The number of carboxylic acids is 1. The predicted octanol–water partition coefficient (Wildman–Crippen LogP) is 1.53. The average molecular weight is 197 g/mol. The van der Waals surface area contributed by atoms with Crippen LogP contribution in [0.5, 0.6) is 0 Å². The van der Waals surface area contributed by atoms with Crippen molar-refractivity contribution < 1.29 is 15.0 Å². The summed E-state index contributed by atoms with van der Waals surface area (Å²) in [7, 11) is 0. The third-order valence-electron chi connectivity index (χ3n) is 2.12. The minimum Gasteiger partial charge on any atom is -0.479 e. The molecule has 5 N–H and O–H groups in total. The van der Waals surface area contributed by atoms with Crippen LogP contribution in [-0.2, 0) is 10.4 Å². The summed E-state index contributed by atoms with van der Waals surface area (Å²) >= 11 is 0. The van der Waals surface area contributed by atoms with Gasteiger partial charge in [0.2, 0.25) is 0 Å². The molecule has 14 heavy (non-hydrogen) atoms. The van der Waals surface area contributed by atoms with Crippen molar-refractivity contribution in [2.24, 2.45) is 0 Å². The molecule has 0 aliphatic carbocycles. The van der Waals surface area contributed by atoms with Gasteiger partial charge in [-0.1, -0.05) is 37.3 Å². The molecule has 1 rings (SSSR count). The Bertz CT molecular complexity index is 299. The van der Waals surface area contributed by atoms with E-state index in [1.54, 1.807) is 37.3 Å². The van der Waals surface area contributed by atoms with E-state index in [-0.39, 0.29) is 12.6 Å². The summed E-state index contributed by atoms with van der Waals surface area (Å²) in [5.74, 6) is -1.21. The lowest BCUT2D eigenvalue weighted by molar-refractivity contribution is -0.160. The van der Waals surface area contributed by atoms with E-state index >= 15 is 0 Å². The zero-order valence-electron chi connectivity index (χ0n) is 8.10. The van der Waals surface area contributed by atoms with Crippen molar-refractivity contribution in [3.8, 4) is 0 Å². The first kappa shape index (κ1) is 12.6. The Balaban J connectivity index is 0.00000169. The fraction of sp³-hybridized carbons (Fsp3) is 0.300. The van der Waals surface area contributed by atoms with Gasteiger partial charge in [0.1, 0.15) is 0 Å². The number of rotatable bonds is 3. The van der Waals surface area contributed by atoms with Gasteiger partial charge in [0.05, 0.1) is 0 Å². The SMILES string of the molecule is CCC(O)(C(=O)O)c1ccccc1.N. The van der Waals surface area contributed by atoms with Crippen LogP contribution in [0.4, 0.5) is 0 Å². The maximum absolute atomic E-state index is 10.8. The second-order valence-corrected chi connectivity index (χ2v) is 2.89. The first-order valence-corrected chi connectivity index (χ1v) is 4.12. The van der Waals surface area contributed by atoms with Crippen LogP contribution in [0, 0.1) is 0 Å². The number of hydrogen-bond donors (Lipinski definition) is 3. The first-order valence-electron chi connectivity index (χ1n) is 4.12. The van der Waals surface area contributed by atoms with Crippen molar-refractivity contribution in [1.82, 2.24) is 6.15 Å². The van der Waals surface area contributed by atoms with Crippen LogP contribution in [0.25, 0.3) is 0 Å². The van der Waals surface area contributed by atoms with Gasteiger partial charge in [0.15, 0.2) is 5.60 Å². The van der Waals surface area contributed by atoms with E-state index in [4.69, 9.17) is 5.11 Å². The Kier molecular flexibility index (Phi) is 4.27. The monoisotopic (exact) mass is 197 g/mol. The molecular weight excluding hydrogens is 182 g/mol. The van der Waals surface area contributed by atoms with Gasteiger partial charge in [-0.3, -0.25) is 0 Å². The van der Waals surface area contributed by atoms with Crippen LogP contribution in [0.3, 0.4) is 0 Å². The van der Waals surface area contributed by atoms with E-state index in [1.807, 2.05) is 0 Å². The Morgan fingerprint density at radius 3 is 2.21 bits per heavy atom. The number of benzene rings is 1. The smallest absolute Gasteiger partial charge is 0.340 e. The van der Waals surface area contributed by atoms with E-state index in [2.05, 4.69) is 0 Å². The fourth-order valence-electron chi connectivity index (χ4n) is 1.19. The fourth-order valence-corrected chi connectivity index (χ4v) is 1.19. The summed E-state index contributed by atoms with van der Waals surface area (Å²) in [6.45, 7) is 1.64. The molecule has 0 aromatic heterocycles. The summed E-state index contributed by atoms with van der Waals surface area (Å²) < 4.78 is 0. The summed E-state index contributed by atoms with van der Waals surface area (Å²) in [5.41, 5.74) is -1.33. The lowest BCUT2D eigenvalue weighted by Crippen LogP contribution is -2.34. The molecule has 0 radical (unpaired) electrons. The largest absolute Gasteiger partial charge is 0.479 e. The Morgan fingerprint density at radius 2 is 1.86 bits per heavy atom. The summed E-state index contributed by atoms with van der Waals surface area (Å²) in [6.07, 6.45) is 0.159. The summed E-state index contributed by atoms with van der Waals surface area (Å²) in [5, 5.41) is 18.6. The molecule has 1 atom stereocenters. The summed E-state index contributed by atoms with van der Waals surface area (Å²) in [6, 6.07) is 8.41. The van der Waals surface area contributed by atoms with E-state index in [1.165, 1.54) is 0 Å².